The highest BCUT2D eigenvalue weighted by Crippen LogP contribution is 2.30. The third-order valence-corrected chi connectivity index (χ3v) is 3.44. The van der Waals surface area contributed by atoms with Crippen molar-refractivity contribution in [2.24, 2.45) is 16.6 Å². The van der Waals surface area contributed by atoms with Crippen LogP contribution in [0.3, 0.4) is 0 Å². The van der Waals surface area contributed by atoms with Gasteiger partial charge in [0.2, 0.25) is 0 Å². The van der Waals surface area contributed by atoms with Crippen LogP contribution in [-0.2, 0) is 4.79 Å². The van der Waals surface area contributed by atoms with E-state index in [1.54, 1.807) is 0 Å². The van der Waals surface area contributed by atoms with Crippen LogP contribution < -0.4 is 5.73 Å². The molecule has 0 bridgehead atoms. The van der Waals surface area contributed by atoms with E-state index in [1.807, 2.05) is 0 Å². The molecular weight excluding hydrogens is 186 g/mol. The molecule has 0 aliphatic heterocycles. The van der Waals surface area contributed by atoms with Crippen molar-refractivity contribution in [2.75, 3.05) is 6.54 Å². The van der Waals surface area contributed by atoms with E-state index >= 15 is 0 Å². The quantitative estimate of drug-likeness (QED) is 0.736. The fourth-order valence-corrected chi connectivity index (χ4v) is 1.80. The first-order valence-corrected chi connectivity index (χ1v) is 6.04. The molecule has 0 amide bonds. The van der Waals surface area contributed by atoms with Gasteiger partial charge in [-0.05, 0) is 24.7 Å². The van der Waals surface area contributed by atoms with Gasteiger partial charge in [-0.15, -0.1) is 0 Å². The Morgan fingerprint density at radius 1 is 1.13 bits per heavy atom. The maximum atomic E-state index is 12.1. The summed E-state index contributed by atoms with van der Waals surface area (Å²) >= 11 is 0. The zero-order valence-electron chi connectivity index (χ0n) is 11.0. The second kappa shape index (κ2) is 5.64. The van der Waals surface area contributed by atoms with Gasteiger partial charge in [-0.3, -0.25) is 4.79 Å². The summed E-state index contributed by atoms with van der Waals surface area (Å²) in [5.74, 6) is 0.352. The summed E-state index contributed by atoms with van der Waals surface area (Å²) < 4.78 is 0. The molecule has 0 spiro atoms. The van der Waals surface area contributed by atoms with Crippen LogP contribution >= 0.6 is 0 Å². The molecule has 0 atom stereocenters. The van der Waals surface area contributed by atoms with E-state index in [0.717, 1.165) is 19.3 Å². The number of hydrogen-bond acceptors (Lipinski definition) is 2. The predicted molar refractivity (Wildman–Crippen MR) is 65.8 cm³/mol. The lowest BCUT2D eigenvalue weighted by atomic mass is 9.75. The summed E-state index contributed by atoms with van der Waals surface area (Å²) in [5.41, 5.74) is 5.72. The zero-order chi connectivity index (χ0) is 12.1. The van der Waals surface area contributed by atoms with Crippen LogP contribution in [0.2, 0.25) is 0 Å². The minimum Gasteiger partial charge on any atom is -0.329 e. The first-order valence-electron chi connectivity index (χ1n) is 6.04. The molecule has 0 aliphatic carbocycles. The van der Waals surface area contributed by atoms with Gasteiger partial charge in [-0.2, -0.15) is 0 Å². The minimum atomic E-state index is -0.259. The fourth-order valence-electron chi connectivity index (χ4n) is 1.80. The summed E-state index contributed by atoms with van der Waals surface area (Å²) in [6.07, 6.45) is 3.35. The molecule has 0 radical (unpaired) electrons. The number of rotatable bonds is 6. The van der Waals surface area contributed by atoms with Crippen LogP contribution in [0.1, 0.15) is 60.3 Å². The van der Waals surface area contributed by atoms with Crippen LogP contribution in [0.4, 0.5) is 0 Å². The first-order chi connectivity index (χ1) is 6.81. The second-order valence-corrected chi connectivity index (χ2v) is 5.68. The molecule has 0 fully saturated rings. The molecule has 15 heavy (non-hydrogen) atoms. The number of hydrogen-bond donors (Lipinski definition) is 1. The Labute approximate surface area is 94.6 Å². The van der Waals surface area contributed by atoms with E-state index in [2.05, 4.69) is 34.6 Å². The van der Waals surface area contributed by atoms with Crippen molar-refractivity contribution in [1.82, 2.24) is 0 Å². The van der Waals surface area contributed by atoms with Gasteiger partial charge >= 0.3 is 0 Å². The van der Waals surface area contributed by atoms with Gasteiger partial charge in [0.25, 0.3) is 0 Å². The largest absolute Gasteiger partial charge is 0.329 e. The van der Waals surface area contributed by atoms with E-state index in [1.165, 1.54) is 0 Å². The Hall–Kier alpha value is -0.370. The lowest BCUT2D eigenvalue weighted by Gasteiger charge is -2.29. The molecule has 0 aromatic carbocycles. The van der Waals surface area contributed by atoms with Crippen LogP contribution in [0.15, 0.2) is 0 Å². The zero-order valence-corrected chi connectivity index (χ0v) is 11.0. The second-order valence-electron chi connectivity index (χ2n) is 5.68. The lowest BCUT2D eigenvalue weighted by molar-refractivity contribution is -0.129. The van der Waals surface area contributed by atoms with E-state index in [-0.39, 0.29) is 10.8 Å². The lowest BCUT2D eigenvalue weighted by Crippen LogP contribution is -2.38. The van der Waals surface area contributed by atoms with Crippen molar-refractivity contribution in [1.29, 1.82) is 0 Å². The van der Waals surface area contributed by atoms with Gasteiger partial charge in [0, 0.05) is 18.4 Å². The summed E-state index contributed by atoms with van der Waals surface area (Å²) in [6.45, 7) is 11.1. The Bertz CT molecular complexity index is 191. The van der Waals surface area contributed by atoms with E-state index in [0.29, 0.717) is 18.7 Å². The highest BCUT2D eigenvalue weighted by atomic mass is 16.1. The monoisotopic (exact) mass is 213 g/mol. The Kier molecular flexibility index (Phi) is 5.50. The number of carbonyl (C=O) groups is 1. The molecule has 0 rings (SSSR count). The van der Waals surface area contributed by atoms with Gasteiger partial charge in [-0.25, -0.2) is 0 Å². The molecule has 90 valence electrons. The fraction of sp³-hybridized carbons (Fsp3) is 0.923. The Morgan fingerprint density at radius 3 is 1.87 bits per heavy atom. The van der Waals surface area contributed by atoms with Crippen LogP contribution in [0.5, 0.6) is 0 Å². The average Bonchev–Trinajstić information content (AvgIpc) is 2.17. The van der Waals surface area contributed by atoms with Crippen molar-refractivity contribution < 1.29 is 4.79 Å². The molecule has 2 nitrogen and oxygen atoms in total. The summed E-state index contributed by atoms with van der Waals surface area (Å²) in [7, 11) is 0. The van der Waals surface area contributed by atoms with E-state index in [4.69, 9.17) is 5.73 Å². The van der Waals surface area contributed by atoms with Crippen LogP contribution in [-0.4, -0.2) is 12.3 Å². The highest BCUT2D eigenvalue weighted by molar-refractivity contribution is 5.85. The maximum absolute atomic E-state index is 12.1. The molecule has 0 aliphatic rings. The molecule has 0 unspecified atom stereocenters. The van der Waals surface area contributed by atoms with E-state index in [9.17, 15) is 4.79 Å². The van der Waals surface area contributed by atoms with Crippen LogP contribution in [0.25, 0.3) is 0 Å². The number of nitrogens with two attached hydrogens (primary N) is 1. The van der Waals surface area contributed by atoms with E-state index < -0.39 is 0 Å². The van der Waals surface area contributed by atoms with Crippen molar-refractivity contribution in [3.63, 3.8) is 0 Å². The molecular formula is C13H27NO. The highest BCUT2D eigenvalue weighted by Gasteiger charge is 2.33. The SMILES string of the molecule is CCC(CC)(CN)C(=O)CCC(C)(C)C. The van der Waals surface area contributed by atoms with Gasteiger partial charge in [0.15, 0.2) is 0 Å². The third kappa shape index (κ3) is 4.33. The molecule has 0 saturated carbocycles. The Balaban J connectivity index is 4.40. The summed E-state index contributed by atoms with van der Waals surface area (Å²) in [4.78, 5) is 12.1. The topological polar surface area (TPSA) is 43.1 Å². The van der Waals surface area contributed by atoms with Crippen molar-refractivity contribution in [2.45, 2.75) is 60.3 Å². The number of carbonyl (C=O) groups excluding carboxylic acids is 1. The van der Waals surface area contributed by atoms with Gasteiger partial charge in [0.1, 0.15) is 5.78 Å². The van der Waals surface area contributed by atoms with Gasteiger partial charge < -0.3 is 5.73 Å². The molecule has 2 N–H and O–H groups in total. The normalized spacial score (nSPS) is 12.9. The van der Waals surface area contributed by atoms with Crippen LogP contribution in [0, 0.1) is 10.8 Å². The summed E-state index contributed by atoms with van der Waals surface area (Å²) in [5, 5.41) is 0. The smallest absolute Gasteiger partial charge is 0.140 e. The maximum Gasteiger partial charge on any atom is 0.140 e. The molecule has 0 heterocycles. The molecule has 0 aromatic heterocycles. The minimum absolute atomic E-state index is 0.234. The first kappa shape index (κ1) is 14.6. The molecule has 0 saturated heterocycles. The van der Waals surface area contributed by atoms with Crippen molar-refractivity contribution in [3.8, 4) is 0 Å². The summed E-state index contributed by atoms with van der Waals surface area (Å²) in [6, 6.07) is 0. The number of Topliss-reactive ketones (excluding diaryl/α,β-unsaturated/α-hetero) is 1. The molecule has 2 heteroatoms. The molecule has 0 aromatic rings. The Morgan fingerprint density at radius 2 is 1.60 bits per heavy atom. The predicted octanol–water partition coefficient (Wildman–Crippen LogP) is 3.15. The average molecular weight is 213 g/mol. The van der Waals surface area contributed by atoms with Crippen molar-refractivity contribution in [3.05, 3.63) is 0 Å². The third-order valence-electron chi connectivity index (χ3n) is 3.44. The standard InChI is InChI=1S/C13H27NO/c1-6-13(7-2,10-14)11(15)8-9-12(3,4)5/h6-10,14H2,1-5H3. The van der Waals surface area contributed by atoms with Gasteiger partial charge in [-0.1, -0.05) is 34.6 Å². The van der Waals surface area contributed by atoms with Gasteiger partial charge in [0.05, 0.1) is 0 Å². The van der Waals surface area contributed by atoms with Crippen molar-refractivity contribution >= 4 is 5.78 Å². The number of ketones is 1.